The van der Waals surface area contributed by atoms with Crippen molar-refractivity contribution < 1.29 is 9.59 Å². The Morgan fingerprint density at radius 1 is 1.29 bits per heavy atom. The van der Waals surface area contributed by atoms with Crippen molar-refractivity contribution in [3.8, 4) is 0 Å². The molecule has 1 aromatic heterocycles. The first-order valence-electron chi connectivity index (χ1n) is 3.74. The number of nitrogen functional groups attached to an aromatic ring is 1. The van der Waals surface area contributed by atoms with E-state index in [1.54, 1.807) is 0 Å². The van der Waals surface area contributed by atoms with E-state index in [4.69, 9.17) is 5.73 Å². The fourth-order valence-corrected chi connectivity index (χ4v) is 1.30. The zero-order valence-corrected chi connectivity index (χ0v) is 7.20. The summed E-state index contributed by atoms with van der Waals surface area (Å²) in [5.74, 6) is -1.34. The maximum absolute atomic E-state index is 11.4. The smallest absolute Gasteiger partial charge is 0.347 e. The molecule has 14 heavy (non-hydrogen) atoms. The Labute approximate surface area is 77.5 Å². The molecule has 0 saturated carbocycles. The molecule has 7 heteroatoms. The van der Waals surface area contributed by atoms with Crippen molar-refractivity contribution in [2.45, 2.75) is 0 Å². The van der Waals surface area contributed by atoms with Crippen LogP contribution in [0.25, 0.3) is 0 Å². The number of aromatic amines is 1. The van der Waals surface area contributed by atoms with Gasteiger partial charge in [-0.15, -0.1) is 0 Å². The molecular weight excluding hydrogens is 188 g/mol. The van der Waals surface area contributed by atoms with Gasteiger partial charge < -0.3 is 10.7 Å². The molecule has 0 spiro atoms. The highest BCUT2D eigenvalue weighted by Gasteiger charge is 2.36. The van der Waals surface area contributed by atoms with E-state index in [1.165, 1.54) is 7.05 Å². The fourth-order valence-electron chi connectivity index (χ4n) is 1.30. The summed E-state index contributed by atoms with van der Waals surface area (Å²) in [5.41, 5.74) is 4.50. The maximum Gasteiger partial charge on any atom is 0.347 e. The van der Waals surface area contributed by atoms with Crippen LogP contribution in [0.2, 0.25) is 0 Å². The summed E-state index contributed by atoms with van der Waals surface area (Å²) in [6, 6.07) is 0. The predicted molar refractivity (Wildman–Crippen MR) is 45.7 cm³/mol. The van der Waals surface area contributed by atoms with Gasteiger partial charge in [-0.1, -0.05) is 0 Å². The Hall–Kier alpha value is -2.18. The van der Waals surface area contributed by atoms with Crippen LogP contribution in [-0.2, 0) is 0 Å². The van der Waals surface area contributed by atoms with Crippen molar-refractivity contribution >= 4 is 17.6 Å². The van der Waals surface area contributed by atoms with Crippen molar-refractivity contribution in [2.75, 3.05) is 12.8 Å². The Balaban J connectivity index is 2.82. The van der Waals surface area contributed by atoms with Crippen molar-refractivity contribution in [1.82, 2.24) is 14.9 Å². The first-order chi connectivity index (χ1) is 6.52. The van der Waals surface area contributed by atoms with Crippen LogP contribution in [0.4, 0.5) is 5.82 Å². The van der Waals surface area contributed by atoms with E-state index in [9.17, 15) is 14.4 Å². The molecule has 7 nitrogen and oxygen atoms in total. The third-order valence-corrected chi connectivity index (χ3v) is 2.00. The van der Waals surface area contributed by atoms with E-state index in [0.717, 1.165) is 4.90 Å². The van der Waals surface area contributed by atoms with E-state index in [-0.39, 0.29) is 17.1 Å². The van der Waals surface area contributed by atoms with Gasteiger partial charge in [0.1, 0.15) is 17.1 Å². The molecule has 0 saturated heterocycles. The summed E-state index contributed by atoms with van der Waals surface area (Å²) >= 11 is 0. The molecule has 2 heterocycles. The van der Waals surface area contributed by atoms with Gasteiger partial charge in [0.15, 0.2) is 0 Å². The molecule has 2 rings (SSSR count). The molecule has 0 bridgehead atoms. The average molecular weight is 194 g/mol. The minimum absolute atomic E-state index is 0.0305. The largest absolute Gasteiger partial charge is 0.383 e. The van der Waals surface area contributed by atoms with E-state index >= 15 is 0 Å². The van der Waals surface area contributed by atoms with Crippen LogP contribution in [0, 0.1) is 0 Å². The van der Waals surface area contributed by atoms with Gasteiger partial charge in [0, 0.05) is 7.05 Å². The fraction of sp³-hybridized carbons (Fsp3) is 0.143. The van der Waals surface area contributed by atoms with E-state index < -0.39 is 17.5 Å². The zero-order valence-electron chi connectivity index (χ0n) is 7.20. The van der Waals surface area contributed by atoms with Crippen LogP contribution in [0.15, 0.2) is 4.79 Å². The Morgan fingerprint density at radius 2 is 1.93 bits per heavy atom. The van der Waals surface area contributed by atoms with E-state index in [2.05, 4.69) is 9.97 Å². The summed E-state index contributed by atoms with van der Waals surface area (Å²) in [6.45, 7) is 0. The molecular formula is C7H6N4O3. The third-order valence-electron chi connectivity index (χ3n) is 2.00. The second-order valence-electron chi connectivity index (χ2n) is 2.85. The number of amides is 2. The second-order valence-corrected chi connectivity index (χ2v) is 2.85. The number of nitrogens with two attached hydrogens (primary N) is 1. The molecule has 1 aromatic rings. The number of carbonyl (C=O) groups is 2. The zero-order chi connectivity index (χ0) is 10.5. The summed E-state index contributed by atoms with van der Waals surface area (Å²) in [6.07, 6.45) is 0. The van der Waals surface area contributed by atoms with E-state index in [0.29, 0.717) is 0 Å². The lowest BCUT2D eigenvalue weighted by Crippen LogP contribution is -2.24. The lowest BCUT2D eigenvalue weighted by Gasteiger charge is -2.02. The number of H-pyrrole nitrogens is 1. The van der Waals surface area contributed by atoms with Crippen LogP contribution in [-0.4, -0.2) is 33.7 Å². The Bertz CT molecular complexity index is 504. The van der Waals surface area contributed by atoms with Gasteiger partial charge in [0.05, 0.1) is 0 Å². The highest BCUT2D eigenvalue weighted by Crippen LogP contribution is 2.21. The first kappa shape index (κ1) is 8.42. The topological polar surface area (TPSA) is 109 Å². The number of rotatable bonds is 0. The highest BCUT2D eigenvalue weighted by atomic mass is 16.2. The minimum Gasteiger partial charge on any atom is -0.383 e. The highest BCUT2D eigenvalue weighted by molar-refractivity contribution is 6.21. The standard InChI is InChI=1S/C7H6N4O3/c1-11-5(12)2-3(6(11)13)9-7(14)10-4(2)8/h1H3,(H3,8,9,10,14). The number of nitrogens with zero attached hydrogens (tertiary/aromatic N) is 2. The van der Waals surface area contributed by atoms with Crippen LogP contribution in [0.5, 0.6) is 0 Å². The van der Waals surface area contributed by atoms with Gasteiger partial charge >= 0.3 is 5.69 Å². The summed E-state index contributed by atoms with van der Waals surface area (Å²) in [7, 11) is 1.31. The maximum atomic E-state index is 11.4. The SMILES string of the molecule is CN1C(=O)c2[nH]c(=O)nc(N)c2C1=O. The quantitative estimate of drug-likeness (QED) is 0.492. The van der Waals surface area contributed by atoms with Crippen LogP contribution in [0.1, 0.15) is 20.8 Å². The number of fused-ring (bicyclic) bond motifs is 1. The molecule has 2 amide bonds. The number of hydrogen-bond donors (Lipinski definition) is 2. The molecule has 72 valence electrons. The van der Waals surface area contributed by atoms with Crippen molar-refractivity contribution in [3.05, 3.63) is 21.7 Å². The summed E-state index contributed by atoms with van der Waals surface area (Å²) < 4.78 is 0. The van der Waals surface area contributed by atoms with Gasteiger partial charge in [-0.2, -0.15) is 4.98 Å². The molecule has 0 radical (unpaired) electrons. The van der Waals surface area contributed by atoms with Crippen LogP contribution in [0.3, 0.4) is 0 Å². The van der Waals surface area contributed by atoms with Gasteiger partial charge in [-0.05, 0) is 0 Å². The van der Waals surface area contributed by atoms with Gasteiger partial charge in [0.25, 0.3) is 11.8 Å². The number of hydrogen-bond acceptors (Lipinski definition) is 5. The van der Waals surface area contributed by atoms with Gasteiger partial charge in [0.2, 0.25) is 0 Å². The van der Waals surface area contributed by atoms with Crippen LogP contribution < -0.4 is 11.4 Å². The van der Waals surface area contributed by atoms with Crippen molar-refractivity contribution in [1.29, 1.82) is 0 Å². The van der Waals surface area contributed by atoms with Crippen LogP contribution >= 0.6 is 0 Å². The number of anilines is 1. The first-order valence-corrected chi connectivity index (χ1v) is 3.74. The predicted octanol–water partition coefficient (Wildman–Crippen LogP) is -1.42. The number of aromatic nitrogens is 2. The average Bonchev–Trinajstić information content (AvgIpc) is 2.31. The minimum atomic E-state index is -0.738. The molecule has 0 atom stereocenters. The third kappa shape index (κ3) is 0.859. The molecule has 0 unspecified atom stereocenters. The van der Waals surface area contributed by atoms with Crippen molar-refractivity contribution in [2.24, 2.45) is 0 Å². The number of imide groups is 1. The second kappa shape index (κ2) is 2.41. The molecule has 3 N–H and O–H groups in total. The number of nitrogens with one attached hydrogen (secondary N) is 1. The van der Waals surface area contributed by atoms with Gasteiger partial charge in [-0.3, -0.25) is 14.5 Å². The molecule has 1 aliphatic rings. The van der Waals surface area contributed by atoms with Gasteiger partial charge in [-0.25, -0.2) is 4.79 Å². The normalized spacial score (nSPS) is 14.8. The number of carbonyl (C=O) groups excluding carboxylic acids is 2. The summed E-state index contributed by atoms with van der Waals surface area (Å²) in [5, 5.41) is 0. The van der Waals surface area contributed by atoms with E-state index in [1.807, 2.05) is 0 Å². The lowest BCUT2D eigenvalue weighted by atomic mass is 10.2. The molecule has 0 aromatic carbocycles. The molecule has 0 aliphatic carbocycles. The summed E-state index contributed by atoms with van der Waals surface area (Å²) in [4.78, 5) is 40.0. The molecule has 0 fully saturated rings. The Kier molecular flexibility index (Phi) is 1.45. The monoisotopic (exact) mass is 194 g/mol. The van der Waals surface area contributed by atoms with Crippen molar-refractivity contribution in [3.63, 3.8) is 0 Å². The lowest BCUT2D eigenvalue weighted by molar-refractivity contribution is 0.0691. The Morgan fingerprint density at radius 3 is 2.57 bits per heavy atom. The molecule has 1 aliphatic heterocycles.